The third kappa shape index (κ3) is 0.983. The summed E-state index contributed by atoms with van der Waals surface area (Å²) < 4.78 is 10.7. The topological polar surface area (TPSA) is 53.3 Å². The first-order valence-corrected chi connectivity index (χ1v) is 3.83. The molecule has 1 aromatic carbocycles. The second-order valence-corrected chi connectivity index (χ2v) is 2.97. The molecule has 2 unspecified atom stereocenters. The van der Waals surface area contributed by atoms with Gasteiger partial charge >= 0.3 is 0 Å². The van der Waals surface area contributed by atoms with Crippen molar-refractivity contribution in [1.29, 1.82) is 0 Å². The minimum Gasteiger partial charge on any atom is -0.462 e. The molecule has 0 saturated carbocycles. The zero-order valence-corrected chi connectivity index (χ0v) is 6.49. The van der Waals surface area contributed by atoms with Crippen LogP contribution in [0.25, 0.3) is 0 Å². The zero-order valence-electron chi connectivity index (χ0n) is 6.49. The molecule has 0 aliphatic carbocycles. The number of rotatable bonds is 0. The maximum Gasteiger partial charge on any atom is 0.227 e. The number of epoxide rings is 1. The van der Waals surface area contributed by atoms with Crippen molar-refractivity contribution in [2.24, 2.45) is 0 Å². The van der Waals surface area contributed by atoms with Gasteiger partial charge in [0.2, 0.25) is 6.29 Å². The largest absolute Gasteiger partial charge is 0.462 e. The van der Waals surface area contributed by atoms with Crippen LogP contribution in [0.4, 0.5) is 0 Å². The summed E-state index contributed by atoms with van der Waals surface area (Å²) >= 11 is 0. The van der Waals surface area contributed by atoms with E-state index in [1.807, 2.05) is 18.2 Å². The molecule has 2 N–H and O–H groups in total. The Balaban J connectivity index is 0.000000563. The van der Waals surface area contributed by atoms with E-state index in [0.717, 1.165) is 12.2 Å². The van der Waals surface area contributed by atoms with Crippen LogP contribution in [0.1, 0.15) is 5.56 Å². The lowest BCUT2D eigenvalue weighted by molar-refractivity contribution is 0.179. The zero-order chi connectivity index (χ0) is 7.26. The summed E-state index contributed by atoms with van der Waals surface area (Å²) in [5.74, 6) is 0.992. The summed E-state index contributed by atoms with van der Waals surface area (Å²) in [5.41, 5.74) is 1.27. The SMILES string of the molecule is O.c1ccc2c(c1)CC1OC1O2. The first kappa shape index (κ1) is 7.58. The first-order valence-electron chi connectivity index (χ1n) is 3.83. The minimum atomic E-state index is 0. The van der Waals surface area contributed by atoms with Gasteiger partial charge in [-0.25, -0.2) is 0 Å². The maximum absolute atomic E-state index is 5.48. The molecule has 2 aliphatic rings. The van der Waals surface area contributed by atoms with E-state index in [4.69, 9.17) is 9.47 Å². The van der Waals surface area contributed by atoms with Gasteiger partial charge < -0.3 is 14.9 Å². The molecule has 0 spiro atoms. The average molecular weight is 166 g/mol. The normalized spacial score (nSPS) is 29.0. The molecule has 1 aromatic rings. The van der Waals surface area contributed by atoms with Crippen molar-refractivity contribution < 1.29 is 14.9 Å². The third-order valence-electron chi connectivity index (χ3n) is 2.17. The highest BCUT2D eigenvalue weighted by Gasteiger charge is 2.45. The Hall–Kier alpha value is -1.06. The van der Waals surface area contributed by atoms with Gasteiger partial charge in [-0.2, -0.15) is 0 Å². The van der Waals surface area contributed by atoms with Crippen LogP contribution in [0.5, 0.6) is 5.75 Å². The molecule has 3 nitrogen and oxygen atoms in total. The number of hydrogen-bond acceptors (Lipinski definition) is 2. The van der Waals surface area contributed by atoms with Crippen LogP contribution in [0.15, 0.2) is 24.3 Å². The van der Waals surface area contributed by atoms with Crippen LogP contribution < -0.4 is 4.74 Å². The van der Waals surface area contributed by atoms with Crippen molar-refractivity contribution >= 4 is 0 Å². The number of para-hydroxylation sites is 1. The summed E-state index contributed by atoms with van der Waals surface area (Å²) in [6.45, 7) is 0. The predicted octanol–water partition coefficient (Wildman–Crippen LogP) is 0.522. The van der Waals surface area contributed by atoms with E-state index in [9.17, 15) is 0 Å². The molecule has 2 atom stereocenters. The monoisotopic (exact) mass is 166 g/mol. The molecule has 0 radical (unpaired) electrons. The van der Waals surface area contributed by atoms with Gasteiger partial charge in [0.05, 0.1) is 0 Å². The van der Waals surface area contributed by atoms with Crippen LogP contribution in [0.3, 0.4) is 0 Å². The highest BCUT2D eigenvalue weighted by atomic mass is 16.8. The lowest BCUT2D eigenvalue weighted by Crippen LogP contribution is -2.12. The number of ether oxygens (including phenoxy) is 2. The van der Waals surface area contributed by atoms with Crippen molar-refractivity contribution in [2.45, 2.75) is 18.8 Å². The number of benzene rings is 1. The van der Waals surface area contributed by atoms with Crippen molar-refractivity contribution in [1.82, 2.24) is 0 Å². The van der Waals surface area contributed by atoms with E-state index in [1.165, 1.54) is 5.56 Å². The Morgan fingerprint density at radius 3 is 3.00 bits per heavy atom. The van der Waals surface area contributed by atoms with E-state index >= 15 is 0 Å². The lowest BCUT2D eigenvalue weighted by atomic mass is 10.1. The molecule has 3 heteroatoms. The van der Waals surface area contributed by atoms with E-state index in [1.54, 1.807) is 0 Å². The standard InChI is InChI=1S/C9H8O2.H2O/c1-2-4-7-6(3-1)5-8-9(10-7)11-8;/h1-4,8-9H,5H2;1H2. The summed E-state index contributed by atoms with van der Waals surface area (Å²) in [4.78, 5) is 0. The molecular weight excluding hydrogens is 156 g/mol. The lowest BCUT2D eigenvalue weighted by Gasteiger charge is -2.11. The number of hydrogen-bond donors (Lipinski definition) is 0. The Bertz CT molecular complexity index is 269. The van der Waals surface area contributed by atoms with Gasteiger partial charge in [-0.05, 0) is 11.6 Å². The first-order chi connectivity index (χ1) is 5.43. The van der Waals surface area contributed by atoms with Crippen molar-refractivity contribution in [3.8, 4) is 5.75 Å². The van der Waals surface area contributed by atoms with Gasteiger partial charge in [-0.3, -0.25) is 0 Å². The fraction of sp³-hybridized carbons (Fsp3) is 0.333. The van der Waals surface area contributed by atoms with E-state index < -0.39 is 0 Å². The molecule has 0 aromatic heterocycles. The van der Waals surface area contributed by atoms with Crippen molar-refractivity contribution in [2.75, 3.05) is 0 Å². The maximum atomic E-state index is 5.48. The Morgan fingerprint density at radius 1 is 1.25 bits per heavy atom. The molecule has 2 heterocycles. The molecule has 12 heavy (non-hydrogen) atoms. The van der Waals surface area contributed by atoms with Gasteiger partial charge in [0, 0.05) is 6.42 Å². The summed E-state index contributed by atoms with van der Waals surface area (Å²) in [5, 5.41) is 0. The molecule has 2 aliphatic heterocycles. The predicted molar refractivity (Wildman–Crippen MR) is 43.0 cm³/mol. The summed E-state index contributed by atoms with van der Waals surface area (Å²) in [6, 6.07) is 8.10. The number of fused-ring (bicyclic) bond motifs is 2. The Kier molecular flexibility index (Phi) is 1.56. The molecule has 3 rings (SSSR count). The summed E-state index contributed by atoms with van der Waals surface area (Å²) in [7, 11) is 0. The molecule has 0 bridgehead atoms. The van der Waals surface area contributed by atoms with Gasteiger partial charge in [-0.1, -0.05) is 18.2 Å². The van der Waals surface area contributed by atoms with Crippen LogP contribution in [-0.4, -0.2) is 17.9 Å². The second-order valence-electron chi connectivity index (χ2n) is 2.97. The molecule has 1 saturated heterocycles. The Morgan fingerprint density at radius 2 is 2.08 bits per heavy atom. The highest BCUT2D eigenvalue weighted by Crippen LogP contribution is 2.37. The molecular formula is C9H10O3. The van der Waals surface area contributed by atoms with Crippen LogP contribution >= 0.6 is 0 Å². The third-order valence-corrected chi connectivity index (χ3v) is 2.17. The molecule has 0 amide bonds. The van der Waals surface area contributed by atoms with Gasteiger partial charge in [-0.15, -0.1) is 0 Å². The van der Waals surface area contributed by atoms with Crippen molar-refractivity contribution in [3.63, 3.8) is 0 Å². The van der Waals surface area contributed by atoms with E-state index in [0.29, 0.717) is 6.10 Å². The average Bonchev–Trinajstić information content (AvgIpc) is 2.77. The second kappa shape index (κ2) is 2.47. The van der Waals surface area contributed by atoms with Gasteiger partial charge in [0.15, 0.2) is 0 Å². The quantitative estimate of drug-likeness (QED) is 0.527. The van der Waals surface area contributed by atoms with E-state index in [-0.39, 0.29) is 11.8 Å². The van der Waals surface area contributed by atoms with Crippen LogP contribution in [-0.2, 0) is 11.2 Å². The van der Waals surface area contributed by atoms with Crippen LogP contribution in [0, 0.1) is 0 Å². The minimum absolute atomic E-state index is 0. The molecule has 1 fully saturated rings. The summed E-state index contributed by atoms with van der Waals surface area (Å²) in [6.07, 6.45) is 1.41. The molecule has 64 valence electrons. The van der Waals surface area contributed by atoms with Crippen molar-refractivity contribution in [3.05, 3.63) is 29.8 Å². The van der Waals surface area contributed by atoms with Crippen LogP contribution in [0.2, 0.25) is 0 Å². The van der Waals surface area contributed by atoms with Gasteiger partial charge in [0.1, 0.15) is 11.9 Å². The van der Waals surface area contributed by atoms with E-state index in [2.05, 4.69) is 6.07 Å². The highest BCUT2D eigenvalue weighted by molar-refractivity contribution is 5.36. The fourth-order valence-electron chi connectivity index (χ4n) is 1.50. The fourth-order valence-corrected chi connectivity index (χ4v) is 1.50. The smallest absolute Gasteiger partial charge is 0.227 e. The van der Waals surface area contributed by atoms with Gasteiger partial charge in [0.25, 0.3) is 0 Å². The Labute approximate surface area is 70.2 Å².